The first-order chi connectivity index (χ1) is 19.7. The Kier molecular flexibility index (Phi) is 7.76. The maximum Gasteiger partial charge on any atom is 0.337 e. The summed E-state index contributed by atoms with van der Waals surface area (Å²) in [6.45, 7) is 5.54. The summed E-state index contributed by atoms with van der Waals surface area (Å²) in [5.41, 5.74) is 6.51. The van der Waals surface area contributed by atoms with Crippen LogP contribution in [0.5, 0.6) is 5.75 Å². The van der Waals surface area contributed by atoms with E-state index in [2.05, 4.69) is 38.1 Å². The number of aromatic nitrogens is 2. The van der Waals surface area contributed by atoms with Crippen LogP contribution in [0.15, 0.2) is 72.9 Å². The van der Waals surface area contributed by atoms with Crippen molar-refractivity contribution in [3.63, 3.8) is 0 Å². The predicted molar refractivity (Wildman–Crippen MR) is 162 cm³/mol. The zero-order valence-electron chi connectivity index (χ0n) is 23.5. The number of ether oxygens (including phenoxy) is 2. The molecule has 2 atom stereocenters. The molecule has 10 heteroatoms. The Morgan fingerprint density at radius 3 is 2.49 bits per heavy atom. The number of amides is 1. The number of pyridine rings is 1. The van der Waals surface area contributed by atoms with E-state index in [0.717, 1.165) is 34.0 Å². The van der Waals surface area contributed by atoms with Gasteiger partial charge in [-0.25, -0.2) is 4.79 Å². The van der Waals surface area contributed by atoms with Gasteiger partial charge in [0.2, 0.25) is 5.91 Å². The summed E-state index contributed by atoms with van der Waals surface area (Å²) in [6.07, 6.45) is 1.77. The standard InChI is InChI=1S/C31H31N5O4S/c1-18-15-24(19(2)35(18)22-10-8-9-21(16-22)30(38)40-5)29-28(25-11-6-7-14-32-25)34-31(41)36(29)23-12-13-27(39-4)26(17-23)33-20(3)37/h6-17,28-29H,1-5H3,(H,33,37)(H,34,41)/t28-,29-/m0/s1. The van der Waals surface area contributed by atoms with Crippen molar-refractivity contribution in [3.05, 3.63) is 101 Å². The van der Waals surface area contributed by atoms with E-state index >= 15 is 0 Å². The molecule has 0 aliphatic carbocycles. The number of aryl methyl sites for hydroxylation is 1. The van der Waals surface area contributed by atoms with E-state index in [1.54, 1.807) is 19.4 Å². The Morgan fingerprint density at radius 1 is 1.00 bits per heavy atom. The van der Waals surface area contributed by atoms with Gasteiger partial charge in [-0.3, -0.25) is 9.78 Å². The molecular weight excluding hydrogens is 538 g/mol. The van der Waals surface area contributed by atoms with Gasteiger partial charge in [-0.15, -0.1) is 0 Å². The van der Waals surface area contributed by atoms with Crippen molar-refractivity contribution in [2.24, 2.45) is 0 Å². The lowest BCUT2D eigenvalue weighted by molar-refractivity contribution is -0.114. The average molecular weight is 570 g/mol. The van der Waals surface area contributed by atoms with Crippen LogP contribution in [0.3, 0.4) is 0 Å². The molecule has 1 aliphatic heterocycles. The molecule has 41 heavy (non-hydrogen) atoms. The number of rotatable bonds is 7. The molecule has 4 aromatic rings. The highest BCUT2D eigenvalue weighted by Crippen LogP contribution is 2.45. The average Bonchev–Trinajstić information content (AvgIpc) is 3.47. The van der Waals surface area contributed by atoms with Crippen molar-refractivity contribution in [3.8, 4) is 11.4 Å². The molecule has 2 N–H and O–H groups in total. The molecule has 0 unspecified atom stereocenters. The molecule has 1 saturated heterocycles. The Hall–Kier alpha value is -4.70. The SMILES string of the molecule is COC(=O)c1cccc(-n2c(C)cc([C@H]3[C@H](c4ccccn4)NC(=S)N3c3ccc(OC)c(NC(C)=O)c3)c2C)c1. The van der Waals surface area contributed by atoms with Gasteiger partial charge in [-0.2, -0.15) is 0 Å². The van der Waals surface area contributed by atoms with Crippen LogP contribution < -0.4 is 20.3 Å². The second-order valence-electron chi connectivity index (χ2n) is 9.77. The van der Waals surface area contributed by atoms with Crippen molar-refractivity contribution >= 4 is 40.6 Å². The predicted octanol–water partition coefficient (Wildman–Crippen LogP) is 5.42. The van der Waals surface area contributed by atoms with E-state index in [0.29, 0.717) is 22.1 Å². The molecule has 1 amide bonds. The zero-order chi connectivity index (χ0) is 29.3. The summed E-state index contributed by atoms with van der Waals surface area (Å²) >= 11 is 5.91. The van der Waals surface area contributed by atoms with Crippen LogP contribution >= 0.6 is 12.2 Å². The van der Waals surface area contributed by atoms with Crippen LogP contribution in [0.4, 0.5) is 11.4 Å². The minimum absolute atomic E-state index is 0.205. The van der Waals surface area contributed by atoms with Crippen molar-refractivity contribution in [1.82, 2.24) is 14.9 Å². The maximum atomic E-state index is 12.3. The molecule has 1 aliphatic rings. The van der Waals surface area contributed by atoms with Gasteiger partial charge in [0.15, 0.2) is 5.11 Å². The van der Waals surface area contributed by atoms with Crippen LogP contribution in [0.2, 0.25) is 0 Å². The largest absolute Gasteiger partial charge is 0.495 e. The highest BCUT2D eigenvalue weighted by atomic mass is 32.1. The van der Waals surface area contributed by atoms with Crippen LogP contribution in [0.1, 0.15) is 52.0 Å². The molecule has 9 nitrogen and oxygen atoms in total. The third kappa shape index (κ3) is 5.26. The smallest absolute Gasteiger partial charge is 0.337 e. The molecule has 0 bridgehead atoms. The number of benzene rings is 2. The molecule has 0 spiro atoms. The summed E-state index contributed by atoms with van der Waals surface area (Å²) in [4.78, 5) is 30.9. The van der Waals surface area contributed by atoms with Gasteiger partial charge in [0.25, 0.3) is 0 Å². The number of thiocarbonyl (C=S) groups is 1. The third-order valence-electron chi connectivity index (χ3n) is 7.18. The van der Waals surface area contributed by atoms with Gasteiger partial charge in [0, 0.05) is 35.9 Å². The first-order valence-electron chi connectivity index (χ1n) is 13.1. The van der Waals surface area contributed by atoms with E-state index in [9.17, 15) is 9.59 Å². The van der Waals surface area contributed by atoms with Crippen molar-refractivity contribution in [1.29, 1.82) is 0 Å². The van der Waals surface area contributed by atoms with E-state index in [1.165, 1.54) is 14.0 Å². The highest BCUT2D eigenvalue weighted by molar-refractivity contribution is 7.80. The lowest BCUT2D eigenvalue weighted by Gasteiger charge is -2.29. The van der Waals surface area contributed by atoms with Gasteiger partial charge in [0.1, 0.15) is 5.75 Å². The Bertz CT molecular complexity index is 1630. The topological polar surface area (TPSA) is 97.7 Å². The van der Waals surface area contributed by atoms with E-state index in [4.69, 9.17) is 21.7 Å². The second-order valence-corrected chi connectivity index (χ2v) is 10.2. The second kappa shape index (κ2) is 11.4. The Balaban J connectivity index is 1.67. The molecule has 2 aromatic carbocycles. The number of carbonyl (C=O) groups is 2. The third-order valence-corrected chi connectivity index (χ3v) is 7.50. The summed E-state index contributed by atoms with van der Waals surface area (Å²) < 4.78 is 12.5. The molecule has 210 valence electrons. The fourth-order valence-corrected chi connectivity index (χ4v) is 5.80. The Morgan fingerprint density at radius 2 is 1.80 bits per heavy atom. The first kappa shape index (κ1) is 27.9. The fraction of sp³-hybridized carbons (Fsp3) is 0.226. The fourth-order valence-electron chi connectivity index (χ4n) is 5.46. The number of anilines is 2. The summed E-state index contributed by atoms with van der Waals surface area (Å²) in [7, 11) is 2.93. The Labute approximate surface area is 244 Å². The van der Waals surface area contributed by atoms with Crippen molar-refractivity contribution in [2.75, 3.05) is 24.4 Å². The molecule has 0 radical (unpaired) electrons. The number of hydrogen-bond acceptors (Lipinski definition) is 6. The normalized spacial score (nSPS) is 16.3. The van der Waals surface area contributed by atoms with Gasteiger partial charge in [-0.1, -0.05) is 12.1 Å². The highest BCUT2D eigenvalue weighted by Gasteiger charge is 2.42. The number of methoxy groups -OCH3 is 2. The zero-order valence-corrected chi connectivity index (χ0v) is 24.3. The number of nitrogens with zero attached hydrogens (tertiary/aromatic N) is 3. The van der Waals surface area contributed by atoms with Crippen LogP contribution in [-0.4, -0.2) is 40.8 Å². The minimum atomic E-state index is -0.393. The van der Waals surface area contributed by atoms with E-state index < -0.39 is 5.97 Å². The number of esters is 1. The van der Waals surface area contributed by atoms with Gasteiger partial charge >= 0.3 is 5.97 Å². The monoisotopic (exact) mass is 569 g/mol. The summed E-state index contributed by atoms with van der Waals surface area (Å²) in [5, 5.41) is 6.88. The number of hydrogen-bond donors (Lipinski definition) is 2. The van der Waals surface area contributed by atoms with Crippen LogP contribution in [-0.2, 0) is 9.53 Å². The molecule has 5 rings (SSSR count). The number of carbonyl (C=O) groups excluding carboxylic acids is 2. The van der Waals surface area contributed by atoms with Crippen molar-refractivity contribution in [2.45, 2.75) is 32.9 Å². The summed E-state index contributed by atoms with van der Waals surface area (Å²) in [6, 6.07) is 20.4. The molecule has 2 aromatic heterocycles. The first-order valence-corrected chi connectivity index (χ1v) is 13.5. The lowest BCUT2D eigenvalue weighted by Crippen LogP contribution is -2.29. The van der Waals surface area contributed by atoms with Crippen LogP contribution in [0.25, 0.3) is 5.69 Å². The molecular formula is C31H31N5O4S. The van der Waals surface area contributed by atoms with Crippen molar-refractivity contribution < 1.29 is 19.1 Å². The lowest BCUT2D eigenvalue weighted by atomic mass is 9.96. The molecule has 0 saturated carbocycles. The van der Waals surface area contributed by atoms with E-state index in [1.807, 2.05) is 61.5 Å². The van der Waals surface area contributed by atoms with Crippen LogP contribution in [0, 0.1) is 13.8 Å². The molecule has 1 fully saturated rings. The quantitative estimate of drug-likeness (QED) is 0.225. The minimum Gasteiger partial charge on any atom is -0.495 e. The van der Waals surface area contributed by atoms with E-state index in [-0.39, 0.29) is 18.0 Å². The maximum absolute atomic E-state index is 12.3. The van der Waals surface area contributed by atoms with Gasteiger partial charge < -0.3 is 29.6 Å². The summed E-state index contributed by atoms with van der Waals surface area (Å²) in [5.74, 6) is -0.0533. The van der Waals surface area contributed by atoms with Gasteiger partial charge in [0.05, 0.1) is 43.2 Å². The van der Waals surface area contributed by atoms with Gasteiger partial charge in [-0.05, 0) is 86.2 Å². The number of nitrogens with one attached hydrogen (secondary N) is 2. The molecule has 3 heterocycles.